The number of esters is 1. The molecule has 1 aromatic carbocycles. The van der Waals surface area contributed by atoms with Crippen LogP contribution in [0.25, 0.3) is 0 Å². The second-order valence-electron chi connectivity index (χ2n) is 5.51. The van der Waals surface area contributed by atoms with Gasteiger partial charge in [-0.3, -0.25) is 4.98 Å². The Bertz CT molecular complexity index is 606. The van der Waals surface area contributed by atoms with Crippen molar-refractivity contribution in [2.75, 3.05) is 6.61 Å². The van der Waals surface area contributed by atoms with E-state index in [4.69, 9.17) is 9.47 Å². The molecule has 0 fully saturated rings. The Morgan fingerprint density at radius 2 is 1.86 bits per heavy atom. The van der Waals surface area contributed by atoms with E-state index in [0.717, 1.165) is 17.5 Å². The molecule has 0 unspecified atom stereocenters. The Balaban J connectivity index is 2.01. The van der Waals surface area contributed by atoms with Gasteiger partial charge in [0, 0.05) is 12.4 Å². The molecule has 2 aromatic rings. The molecule has 1 aromatic heterocycles. The van der Waals surface area contributed by atoms with E-state index in [-0.39, 0.29) is 5.97 Å². The lowest BCUT2D eigenvalue weighted by Crippen LogP contribution is -2.39. The molecule has 4 heteroatoms. The van der Waals surface area contributed by atoms with Crippen LogP contribution in [0.4, 0.5) is 0 Å². The third-order valence-corrected chi connectivity index (χ3v) is 3.19. The van der Waals surface area contributed by atoms with Crippen molar-refractivity contribution >= 4 is 5.97 Å². The fraction of sp³-hybridized carbons (Fsp3) is 0.333. The molecule has 0 amide bonds. The molecule has 1 heterocycles. The molecule has 0 saturated carbocycles. The van der Waals surface area contributed by atoms with Crippen LogP contribution < -0.4 is 4.74 Å². The second-order valence-corrected chi connectivity index (χ2v) is 5.51. The third-order valence-electron chi connectivity index (χ3n) is 3.19. The van der Waals surface area contributed by atoms with Crippen LogP contribution in [0.1, 0.15) is 31.9 Å². The van der Waals surface area contributed by atoms with Gasteiger partial charge in [0.25, 0.3) is 0 Å². The number of carbonyl (C=O) groups is 1. The first-order valence-electron chi connectivity index (χ1n) is 7.35. The van der Waals surface area contributed by atoms with Crippen molar-refractivity contribution in [3.05, 3.63) is 59.9 Å². The van der Waals surface area contributed by atoms with Gasteiger partial charge in [0.1, 0.15) is 5.75 Å². The highest BCUT2D eigenvalue weighted by molar-refractivity contribution is 5.79. The van der Waals surface area contributed by atoms with E-state index < -0.39 is 5.60 Å². The van der Waals surface area contributed by atoms with Gasteiger partial charge in [-0.05, 0) is 56.5 Å². The van der Waals surface area contributed by atoms with Crippen molar-refractivity contribution in [1.82, 2.24) is 4.98 Å². The Hall–Kier alpha value is -2.36. The minimum atomic E-state index is -0.999. The van der Waals surface area contributed by atoms with E-state index in [0.29, 0.717) is 12.4 Å². The highest BCUT2D eigenvalue weighted by Crippen LogP contribution is 2.21. The van der Waals surface area contributed by atoms with E-state index >= 15 is 0 Å². The molecule has 0 aliphatic heterocycles. The van der Waals surface area contributed by atoms with Gasteiger partial charge in [-0.2, -0.15) is 0 Å². The van der Waals surface area contributed by atoms with Gasteiger partial charge in [0.2, 0.25) is 0 Å². The van der Waals surface area contributed by atoms with Crippen molar-refractivity contribution in [2.45, 2.75) is 32.8 Å². The zero-order valence-electron chi connectivity index (χ0n) is 13.2. The molecule has 4 nitrogen and oxygen atoms in total. The van der Waals surface area contributed by atoms with Crippen molar-refractivity contribution in [1.29, 1.82) is 0 Å². The van der Waals surface area contributed by atoms with Crippen LogP contribution in [-0.2, 0) is 16.0 Å². The van der Waals surface area contributed by atoms with Crippen molar-refractivity contribution < 1.29 is 14.3 Å². The summed E-state index contributed by atoms with van der Waals surface area (Å²) in [5.41, 5.74) is 1.32. The highest BCUT2D eigenvalue weighted by atomic mass is 16.6. The van der Waals surface area contributed by atoms with E-state index in [1.165, 1.54) is 0 Å². The quantitative estimate of drug-likeness (QED) is 0.767. The SMILES string of the molecule is CCOC(=O)C(C)(C)Oc1ccc(Cc2cccnc2)cc1. The molecule has 0 aliphatic rings. The fourth-order valence-corrected chi connectivity index (χ4v) is 2.05. The van der Waals surface area contributed by atoms with E-state index in [1.54, 1.807) is 27.0 Å². The van der Waals surface area contributed by atoms with E-state index in [1.807, 2.05) is 42.6 Å². The molecule has 0 saturated heterocycles. The summed E-state index contributed by atoms with van der Waals surface area (Å²) in [6.07, 6.45) is 4.43. The number of hydrogen-bond acceptors (Lipinski definition) is 4. The Morgan fingerprint density at radius 3 is 2.45 bits per heavy atom. The molecule has 116 valence electrons. The van der Waals surface area contributed by atoms with Gasteiger partial charge >= 0.3 is 5.97 Å². The van der Waals surface area contributed by atoms with E-state index in [2.05, 4.69) is 4.98 Å². The normalized spacial score (nSPS) is 11.0. The zero-order valence-corrected chi connectivity index (χ0v) is 13.2. The van der Waals surface area contributed by atoms with Crippen molar-refractivity contribution in [3.8, 4) is 5.75 Å². The predicted molar refractivity (Wildman–Crippen MR) is 84.8 cm³/mol. The summed E-state index contributed by atoms with van der Waals surface area (Å²) in [5, 5.41) is 0. The lowest BCUT2D eigenvalue weighted by Gasteiger charge is -2.24. The topological polar surface area (TPSA) is 48.4 Å². The van der Waals surface area contributed by atoms with Crippen LogP contribution in [0.15, 0.2) is 48.8 Å². The molecule has 0 bridgehead atoms. The second kappa shape index (κ2) is 7.07. The van der Waals surface area contributed by atoms with Crippen molar-refractivity contribution in [2.24, 2.45) is 0 Å². The zero-order chi connectivity index (χ0) is 16.0. The summed E-state index contributed by atoms with van der Waals surface area (Å²) in [6.45, 7) is 5.53. The average Bonchev–Trinajstić information content (AvgIpc) is 2.50. The predicted octanol–water partition coefficient (Wildman–Crippen LogP) is 3.39. The summed E-state index contributed by atoms with van der Waals surface area (Å²) < 4.78 is 10.7. The molecule has 22 heavy (non-hydrogen) atoms. The summed E-state index contributed by atoms with van der Waals surface area (Å²) in [5.74, 6) is 0.280. The number of hydrogen-bond donors (Lipinski definition) is 0. The van der Waals surface area contributed by atoms with Crippen LogP contribution in [-0.4, -0.2) is 23.2 Å². The Morgan fingerprint density at radius 1 is 1.14 bits per heavy atom. The van der Waals surface area contributed by atoms with Gasteiger partial charge < -0.3 is 9.47 Å². The summed E-state index contributed by atoms with van der Waals surface area (Å²) in [4.78, 5) is 15.9. The van der Waals surface area contributed by atoms with Gasteiger partial charge in [0.05, 0.1) is 6.61 Å². The standard InChI is InChI=1S/C18H21NO3/c1-4-21-17(20)18(2,3)22-16-9-7-14(8-10-16)12-15-6-5-11-19-13-15/h5-11,13H,4,12H2,1-3H3. The molecule has 0 N–H and O–H groups in total. The maximum Gasteiger partial charge on any atom is 0.349 e. The molecular formula is C18H21NO3. The molecule has 0 radical (unpaired) electrons. The maximum atomic E-state index is 11.8. The molecule has 2 rings (SSSR count). The summed E-state index contributed by atoms with van der Waals surface area (Å²) in [7, 11) is 0. The van der Waals surface area contributed by atoms with Crippen LogP contribution in [0.3, 0.4) is 0 Å². The average molecular weight is 299 g/mol. The van der Waals surface area contributed by atoms with Gasteiger partial charge in [-0.1, -0.05) is 18.2 Å². The number of carbonyl (C=O) groups excluding carboxylic acids is 1. The number of pyridine rings is 1. The first kappa shape index (κ1) is 16.0. The van der Waals surface area contributed by atoms with Crippen molar-refractivity contribution in [3.63, 3.8) is 0 Å². The smallest absolute Gasteiger partial charge is 0.349 e. The van der Waals surface area contributed by atoms with Crippen LogP contribution in [0, 0.1) is 0 Å². The van der Waals surface area contributed by atoms with Crippen LogP contribution in [0.2, 0.25) is 0 Å². The van der Waals surface area contributed by atoms with Crippen LogP contribution in [0.5, 0.6) is 5.75 Å². The monoisotopic (exact) mass is 299 g/mol. The Labute approximate surface area is 131 Å². The molecular weight excluding hydrogens is 278 g/mol. The number of ether oxygens (including phenoxy) is 2. The maximum absolute atomic E-state index is 11.8. The first-order chi connectivity index (χ1) is 10.5. The number of rotatable bonds is 6. The third kappa shape index (κ3) is 4.32. The van der Waals surface area contributed by atoms with Crippen LogP contribution >= 0.6 is 0 Å². The number of benzene rings is 1. The molecule has 0 aliphatic carbocycles. The number of aromatic nitrogens is 1. The fourth-order valence-electron chi connectivity index (χ4n) is 2.05. The lowest BCUT2D eigenvalue weighted by atomic mass is 10.1. The first-order valence-corrected chi connectivity index (χ1v) is 7.35. The summed E-state index contributed by atoms with van der Waals surface area (Å²) >= 11 is 0. The minimum Gasteiger partial charge on any atom is -0.476 e. The summed E-state index contributed by atoms with van der Waals surface area (Å²) in [6, 6.07) is 11.7. The minimum absolute atomic E-state index is 0.343. The molecule has 0 atom stereocenters. The lowest BCUT2D eigenvalue weighted by molar-refractivity contribution is -0.158. The Kier molecular flexibility index (Phi) is 5.15. The van der Waals surface area contributed by atoms with Gasteiger partial charge in [-0.25, -0.2) is 4.79 Å². The van der Waals surface area contributed by atoms with E-state index in [9.17, 15) is 4.79 Å². The van der Waals surface area contributed by atoms with Gasteiger partial charge in [0.15, 0.2) is 5.60 Å². The number of nitrogens with zero attached hydrogens (tertiary/aromatic N) is 1. The largest absolute Gasteiger partial charge is 0.476 e. The van der Waals surface area contributed by atoms with Gasteiger partial charge in [-0.15, -0.1) is 0 Å². The highest BCUT2D eigenvalue weighted by Gasteiger charge is 2.31. The molecule has 0 spiro atoms.